The third-order valence-electron chi connectivity index (χ3n) is 2.60. The van der Waals surface area contributed by atoms with Gasteiger partial charge in [-0.3, -0.25) is 15.1 Å². The number of ether oxygens (including phenoxy) is 1. The van der Waals surface area contributed by atoms with Crippen LogP contribution in [0.3, 0.4) is 0 Å². The van der Waals surface area contributed by atoms with Gasteiger partial charge in [0.15, 0.2) is 0 Å². The van der Waals surface area contributed by atoms with Gasteiger partial charge in [0.2, 0.25) is 5.75 Å². The van der Waals surface area contributed by atoms with Crippen LogP contribution in [0, 0.1) is 17.0 Å². The number of aromatic nitrogens is 1. The van der Waals surface area contributed by atoms with Crippen LogP contribution in [0.15, 0.2) is 36.7 Å². The van der Waals surface area contributed by atoms with Crippen LogP contribution >= 0.6 is 0 Å². The molecule has 0 amide bonds. The molecular formula is C13H10N2O5. The molecule has 2 aromatic rings. The first-order valence-electron chi connectivity index (χ1n) is 5.59. The van der Waals surface area contributed by atoms with Crippen molar-refractivity contribution in [2.24, 2.45) is 0 Å². The van der Waals surface area contributed by atoms with Crippen LogP contribution in [0.2, 0.25) is 0 Å². The van der Waals surface area contributed by atoms with Crippen molar-refractivity contribution in [1.82, 2.24) is 4.98 Å². The van der Waals surface area contributed by atoms with E-state index in [9.17, 15) is 14.9 Å². The number of nitro groups is 1. The maximum Gasteiger partial charge on any atom is 0.336 e. The summed E-state index contributed by atoms with van der Waals surface area (Å²) in [6.45, 7) is 1.54. The molecule has 0 saturated heterocycles. The molecule has 0 aliphatic heterocycles. The van der Waals surface area contributed by atoms with E-state index in [2.05, 4.69) is 4.98 Å². The molecule has 0 saturated carbocycles. The van der Waals surface area contributed by atoms with Gasteiger partial charge < -0.3 is 9.84 Å². The Labute approximate surface area is 113 Å². The Morgan fingerprint density at radius 1 is 1.45 bits per heavy atom. The van der Waals surface area contributed by atoms with Crippen molar-refractivity contribution in [3.05, 3.63) is 57.9 Å². The number of nitro benzene ring substituents is 1. The summed E-state index contributed by atoms with van der Waals surface area (Å²) in [4.78, 5) is 25.2. The van der Waals surface area contributed by atoms with E-state index in [1.807, 2.05) is 0 Å². The van der Waals surface area contributed by atoms with E-state index < -0.39 is 16.6 Å². The van der Waals surface area contributed by atoms with Crippen LogP contribution in [-0.2, 0) is 0 Å². The van der Waals surface area contributed by atoms with E-state index in [1.165, 1.54) is 12.3 Å². The summed E-state index contributed by atoms with van der Waals surface area (Å²) in [5.74, 6) is -0.915. The minimum atomic E-state index is -1.22. The van der Waals surface area contributed by atoms with Crippen LogP contribution in [-0.4, -0.2) is 21.0 Å². The van der Waals surface area contributed by atoms with E-state index in [4.69, 9.17) is 9.84 Å². The molecule has 0 fully saturated rings. The molecule has 1 N–H and O–H groups in total. The molecule has 102 valence electrons. The lowest BCUT2D eigenvalue weighted by Gasteiger charge is -2.08. The molecule has 0 spiro atoms. The predicted octanol–water partition coefficient (Wildman–Crippen LogP) is 2.79. The van der Waals surface area contributed by atoms with Crippen molar-refractivity contribution in [3.8, 4) is 11.5 Å². The van der Waals surface area contributed by atoms with Gasteiger partial charge in [-0.1, -0.05) is 0 Å². The Morgan fingerprint density at radius 3 is 2.75 bits per heavy atom. The molecular weight excluding hydrogens is 264 g/mol. The molecule has 1 aromatic carbocycles. The fraction of sp³-hybridized carbons (Fsp3) is 0.0769. The minimum absolute atomic E-state index is 0.0227. The minimum Gasteiger partial charge on any atom is -0.478 e. The molecule has 20 heavy (non-hydrogen) atoms. The van der Waals surface area contributed by atoms with Crippen molar-refractivity contribution in [1.29, 1.82) is 0 Å². The second-order valence-electron chi connectivity index (χ2n) is 3.99. The standard InChI is InChI=1S/C13H10N2O5/c1-8-5-12(20-9-3-2-4-14-7-9)11(15(18)19)6-10(8)13(16)17/h2-7H,1H3,(H,16,17). The molecule has 1 aromatic heterocycles. The number of carboxylic acid groups (broad SMARTS) is 1. The zero-order valence-electron chi connectivity index (χ0n) is 10.4. The highest BCUT2D eigenvalue weighted by Gasteiger charge is 2.21. The fourth-order valence-electron chi connectivity index (χ4n) is 1.66. The Bertz CT molecular complexity index is 670. The summed E-state index contributed by atoms with van der Waals surface area (Å²) in [5, 5.41) is 20.0. The second kappa shape index (κ2) is 5.35. The van der Waals surface area contributed by atoms with Gasteiger partial charge in [-0.2, -0.15) is 0 Å². The maximum atomic E-state index is 11.0. The van der Waals surface area contributed by atoms with Gasteiger partial charge in [0.05, 0.1) is 16.7 Å². The average Bonchev–Trinajstić information content (AvgIpc) is 2.39. The number of rotatable bonds is 4. The van der Waals surface area contributed by atoms with Crippen LogP contribution in [0.25, 0.3) is 0 Å². The zero-order chi connectivity index (χ0) is 14.7. The number of aromatic carboxylic acids is 1. The first kappa shape index (κ1) is 13.5. The summed E-state index contributed by atoms with van der Waals surface area (Å²) >= 11 is 0. The SMILES string of the molecule is Cc1cc(Oc2cccnc2)c([N+](=O)[O-])cc1C(=O)O. The summed E-state index contributed by atoms with van der Waals surface area (Å²) in [5.41, 5.74) is -0.158. The van der Waals surface area contributed by atoms with Crippen molar-refractivity contribution in [2.45, 2.75) is 6.92 Å². The third kappa shape index (κ3) is 2.72. The Kier molecular flexibility index (Phi) is 3.60. The van der Waals surface area contributed by atoms with Gasteiger partial charge in [-0.05, 0) is 30.7 Å². The van der Waals surface area contributed by atoms with Gasteiger partial charge in [0.25, 0.3) is 0 Å². The number of aryl methyl sites for hydroxylation is 1. The van der Waals surface area contributed by atoms with Crippen molar-refractivity contribution in [3.63, 3.8) is 0 Å². The molecule has 0 unspecified atom stereocenters. The second-order valence-corrected chi connectivity index (χ2v) is 3.99. The van der Waals surface area contributed by atoms with Gasteiger partial charge >= 0.3 is 11.7 Å². The summed E-state index contributed by atoms with van der Waals surface area (Å²) < 4.78 is 5.39. The van der Waals surface area contributed by atoms with E-state index in [0.717, 1.165) is 6.07 Å². The topological polar surface area (TPSA) is 103 Å². The number of carbonyl (C=O) groups is 1. The molecule has 7 heteroatoms. The number of nitrogens with zero attached hydrogens (tertiary/aromatic N) is 2. The number of hydrogen-bond acceptors (Lipinski definition) is 5. The van der Waals surface area contributed by atoms with Crippen LogP contribution < -0.4 is 4.74 Å². The quantitative estimate of drug-likeness (QED) is 0.679. The smallest absolute Gasteiger partial charge is 0.336 e. The van der Waals surface area contributed by atoms with Crippen LogP contribution in [0.4, 0.5) is 5.69 Å². The molecule has 0 bridgehead atoms. The lowest BCUT2D eigenvalue weighted by Crippen LogP contribution is -2.03. The number of hydrogen-bond donors (Lipinski definition) is 1. The molecule has 1 heterocycles. The first-order valence-corrected chi connectivity index (χ1v) is 5.59. The van der Waals surface area contributed by atoms with E-state index in [-0.39, 0.29) is 11.3 Å². The normalized spacial score (nSPS) is 10.1. The molecule has 7 nitrogen and oxygen atoms in total. The predicted molar refractivity (Wildman–Crippen MR) is 69.1 cm³/mol. The van der Waals surface area contributed by atoms with Crippen LogP contribution in [0.5, 0.6) is 11.5 Å². The highest BCUT2D eigenvalue weighted by Crippen LogP contribution is 2.33. The summed E-state index contributed by atoms with van der Waals surface area (Å²) in [7, 11) is 0. The van der Waals surface area contributed by atoms with E-state index in [0.29, 0.717) is 11.3 Å². The number of benzene rings is 1. The Morgan fingerprint density at radius 2 is 2.20 bits per heavy atom. The first-order chi connectivity index (χ1) is 9.49. The van der Waals surface area contributed by atoms with E-state index >= 15 is 0 Å². The highest BCUT2D eigenvalue weighted by molar-refractivity contribution is 5.90. The van der Waals surface area contributed by atoms with Gasteiger partial charge in [0.1, 0.15) is 5.75 Å². The largest absolute Gasteiger partial charge is 0.478 e. The highest BCUT2D eigenvalue weighted by atomic mass is 16.6. The molecule has 0 radical (unpaired) electrons. The summed E-state index contributed by atoms with van der Waals surface area (Å²) in [6.07, 6.45) is 2.95. The Hall–Kier alpha value is -2.96. The van der Waals surface area contributed by atoms with Crippen LogP contribution in [0.1, 0.15) is 15.9 Å². The van der Waals surface area contributed by atoms with E-state index in [1.54, 1.807) is 25.3 Å². The summed E-state index contributed by atoms with van der Waals surface area (Å²) in [6, 6.07) is 5.54. The van der Waals surface area contributed by atoms with Crippen molar-refractivity contribution < 1.29 is 19.6 Å². The van der Waals surface area contributed by atoms with Crippen molar-refractivity contribution >= 4 is 11.7 Å². The fourth-order valence-corrected chi connectivity index (χ4v) is 1.66. The monoisotopic (exact) mass is 274 g/mol. The molecule has 0 aliphatic carbocycles. The van der Waals surface area contributed by atoms with Gasteiger partial charge in [0, 0.05) is 12.3 Å². The number of pyridine rings is 1. The average molecular weight is 274 g/mol. The molecule has 2 rings (SSSR count). The Balaban J connectivity index is 2.49. The lowest BCUT2D eigenvalue weighted by atomic mass is 10.1. The van der Waals surface area contributed by atoms with Crippen molar-refractivity contribution in [2.75, 3.05) is 0 Å². The number of carboxylic acids is 1. The third-order valence-corrected chi connectivity index (χ3v) is 2.60. The lowest BCUT2D eigenvalue weighted by molar-refractivity contribution is -0.385. The van der Waals surface area contributed by atoms with Gasteiger partial charge in [-0.25, -0.2) is 4.79 Å². The zero-order valence-corrected chi connectivity index (χ0v) is 10.4. The maximum absolute atomic E-state index is 11.0. The molecule has 0 aliphatic rings. The molecule has 0 atom stereocenters. The van der Waals surface area contributed by atoms with Gasteiger partial charge in [-0.15, -0.1) is 0 Å².